The average molecular weight is 308 g/mol. The number of nitrogens with zero attached hydrogens (tertiary/aromatic N) is 4. The molecule has 98 valence electrons. The van der Waals surface area contributed by atoms with Gasteiger partial charge in [0.2, 0.25) is 10.2 Å². The van der Waals surface area contributed by atoms with Gasteiger partial charge < -0.3 is 4.57 Å². The van der Waals surface area contributed by atoms with Crippen molar-refractivity contribution in [3.63, 3.8) is 0 Å². The first-order valence-electron chi connectivity index (χ1n) is 4.96. The van der Waals surface area contributed by atoms with Gasteiger partial charge in [-0.3, -0.25) is 4.72 Å². The Kier molecular flexibility index (Phi) is 3.55. The molecule has 2 aromatic rings. The molecule has 0 saturated heterocycles. The van der Waals surface area contributed by atoms with Crippen LogP contribution in [0.2, 0.25) is 5.15 Å². The summed E-state index contributed by atoms with van der Waals surface area (Å²) in [5.74, 6) is 0. The van der Waals surface area contributed by atoms with E-state index in [4.69, 9.17) is 11.6 Å². The van der Waals surface area contributed by atoms with Crippen molar-refractivity contribution in [1.29, 1.82) is 0 Å². The summed E-state index contributed by atoms with van der Waals surface area (Å²) >= 11 is 7.02. The van der Waals surface area contributed by atoms with Crippen LogP contribution in [0.4, 0.5) is 5.13 Å². The lowest BCUT2D eigenvalue weighted by atomic mass is 10.5. The van der Waals surface area contributed by atoms with Gasteiger partial charge in [-0.15, -0.1) is 10.2 Å². The van der Waals surface area contributed by atoms with Crippen LogP contribution in [0.5, 0.6) is 0 Å². The molecule has 0 spiro atoms. The summed E-state index contributed by atoms with van der Waals surface area (Å²) in [4.78, 5) is 3.75. The third-order valence-electron chi connectivity index (χ3n) is 2.08. The molecule has 0 fully saturated rings. The first-order chi connectivity index (χ1) is 8.44. The predicted molar refractivity (Wildman–Crippen MR) is 68.3 cm³/mol. The first-order valence-corrected chi connectivity index (χ1v) is 7.64. The number of imidazole rings is 1. The summed E-state index contributed by atoms with van der Waals surface area (Å²) in [6.07, 6.45) is 2.03. The number of nitrogens with one attached hydrogen (secondary N) is 1. The second-order valence-corrected chi connectivity index (χ2v) is 6.43. The Labute approximate surface area is 113 Å². The second kappa shape index (κ2) is 4.82. The number of hydrogen-bond acceptors (Lipinski definition) is 6. The van der Waals surface area contributed by atoms with E-state index in [2.05, 4.69) is 19.9 Å². The first kappa shape index (κ1) is 13.2. The van der Waals surface area contributed by atoms with Crippen LogP contribution in [0.1, 0.15) is 11.9 Å². The highest BCUT2D eigenvalue weighted by molar-refractivity contribution is 7.93. The Morgan fingerprint density at radius 1 is 1.50 bits per heavy atom. The lowest BCUT2D eigenvalue weighted by Crippen LogP contribution is -2.13. The minimum Gasteiger partial charge on any atom is -0.324 e. The Morgan fingerprint density at radius 2 is 2.22 bits per heavy atom. The SMILES string of the molecule is CCc1nnc(NS(=O)(=O)c2ncn(C)c2Cl)s1. The molecule has 0 aliphatic carbocycles. The van der Waals surface area contributed by atoms with E-state index >= 15 is 0 Å². The molecule has 0 radical (unpaired) electrons. The molecule has 0 amide bonds. The van der Waals surface area contributed by atoms with E-state index in [0.717, 1.165) is 5.01 Å². The Morgan fingerprint density at radius 3 is 2.72 bits per heavy atom. The smallest absolute Gasteiger partial charge is 0.284 e. The summed E-state index contributed by atoms with van der Waals surface area (Å²) in [6, 6.07) is 0. The van der Waals surface area contributed by atoms with Crippen molar-refractivity contribution in [3.8, 4) is 0 Å². The molecule has 0 aliphatic rings. The molecule has 0 aliphatic heterocycles. The number of anilines is 1. The molecular formula is C8H10ClN5O2S2. The van der Waals surface area contributed by atoms with Gasteiger partial charge in [0.25, 0.3) is 10.0 Å². The maximum atomic E-state index is 12.0. The molecule has 2 rings (SSSR count). The molecule has 2 aromatic heterocycles. The third-order valence-corrected chi connectivity index (χ3v) is 5.02. The van der Waals surface area contributed by atoms with Crippen molar-refractivity contribution < 1.29 is 8.42 Å². The van der Waals surface area contributed by atoms with E-state index in [0.29, 0.717) is 6.42 Å². The van der Waals surface area contributed by atoms with Gasteiger partial charge in [-0.1, -0.05) is 29.9 Å². The van der Waals surface area contributed by atoms with E-state index < -0.39 is 10.0 Å². The largest absolute Gasteiger partial charge is 0.324 e. The summed E-state index contributed by atoms with van der Waals surface area (Å²) in [5, 5.41) is 8.33. The van der Waals surface area contributed by atoms with E-state index in [1.54, 1.807) is 7.05 Å². The summed E-state index contributed by atoms with van der Waals surface area (Å²) in [7, 11) is -2.22. The van der Waals surface area contributed by atoms with Crippen LogP contribution in [0, 0.1) is 0 Å². The molecule has 0 saturated carbocycles. The molecule has 0 bridgehead atoms. The van der Waals surface area contributed by atoms with Gasteiger partial charge >= 0.3 is 0 Å². The van der Waals surface area contributed by atoms with Crippen LogP contribution in [0.15, 0.2) is 11.4 Å². The molecule has 18 heavy (non-hydrogen) atoms. The van der Waals surface area contributed by atoms with Crippen molar-refractivity contribution in [2.75, 3.05) is 4.72 Å². The highest BCUT2D eigenvalue weighted by Crippen LogP contribution is 2.23. The quantitative estimate of drug-likeness (QED) is 0.919. The molecule has 0 unspecified atom stereocenters. The zero-order valence-corrected chi connectivity index (χ0v) is 12.0. The van der Waals surface area contributed by atoms with Gasteiger partial charge in [-0.2, -0.15) is 8.42 Å². The highest BCUT2D eigenvalue weighted by atomic mass is 35.5. The molecule has 1 N–H and O–H groups in total. The Hall–Kier alpha value is -1.19. The van der Waals surface area contributed by atoms with Crippen molar-refractivity contribution in [2.24, 2.45) is 7.05 Å². The molecule has 0 aromatic carbocycles. The van der Waals surface area contributed by atoms with Gasteiger partial charge in [0, 0.05) is 7.05 Å². The fraction of sp³-hybridized carbons (Fsp3) is 0.375. The summed E-state index contributed by atoms with van der Waals surface area (Å²) < 4.78 is 27.7. The van der Waals surface area contributed by atoms with Crippen LogP contribution < -0.4 is 4.72 Å². The third kappa shape index (κ3) is 2.47. The van der Waals surface area contributed by atoms with Gasteiger partial charge in [0.15, 0.2) is 0 Å². The van der Waals surface area contributed by atoms with Crippen LogP contribution in [0.3, 0.4) is 0 Å². The summed E-state index contributed by atoms with van der Waals surface area (Å²) in [6.45, 7) is 1.91. The zero-order valence-electron chi connectivity index (χ0n) is 9.58. The Balaban J connectivity index is 2.30. The minimum absolute atomic E-state index is 0.0442. The van der Waals surface area contributed by atoms with Gasteiger partial charge in [-0.05, 0) is 6.42 Å². The number of halogens is 1. The number of aromatic nitrogens is 4. The lowest BCUT2D eigenvalue weighted by molar-refractivity contribution is 0.598. The average Bonchev–Trinajstić information content (AvgIpc) is 2.87. The Bertz CT molecular complexity index is 663. The zero-order chi connectivity index (χ0) is 13.3. The monoisotopic (exact) mass is 307 g/mol. The summed E-state index contributed by atoms with van der Waals surface area (Å²) in [5.41, 5.74) is 0. The van der Waals surface area contributed by atoms with Crippen molar-refractivity contribution >= 4 is 38.1 Å². The van der Waals surface area contributed by atoms with Crippen molar-refractivity contribution in [1.82, 2.24) is 19.7 Å². The molecular weight excluding hydrogens is 298 g/mol. The lowest BCUT2D eigenvalue weighted by Gasteiger charge is -2.01. The van der Waals surface area contributed by atoms with Crippen LogP contribution >= 0.6 is 22.9 Å². The van der Waals surface area contributed by atoms with E-state index in [-0.39, 0.29) is 15.3 Å². The van der Waals surface area contributed by atoms with E-state index in [1.165, 1.54) is 22.2 Å². The predicted octanol–water partition coefficient (Wildman–Crippen LogP) is 1.29. The van der Waals surface area contributed by atoms with Crippen molar-refractivity contribution in [2.45, 2.75) is 18.4 Å². The van der Waals surface area contributed by atoms with Gasteiger partial charge in [-0.25, -0.2) is 4.98 Å². The van der Waals surface area contributed by atoms with Gasteiger partial charge in [0.1, 0.15) is 10.2 Å². The number of aryl methyl sites for hydroxylation is 2. The number of rotatable bonds is 4. The topological polar surface area (TPSA) is 89.8 Å². The highest BCUT2D eigenvalue weighted by Gasteiger charge is 2.23. The molecule has 7 nitrogen and oxygen atoms in total. The van der Waals surface area contributed by atoms with Crippen molar-refractivity contribution in [3.05, 3.63) is 16.5 Å². The van der Waals surface area contributed by atoms with E-state index in [1.807, 2.05) is 6.92 Å². The van der Waals surface area contributed by atoms with Gasteiger partial charge in [0.05, 0.1) is 6.33 Å². The molecule has 10 heteroatoms. The van der Waals surface area contributed by atoms with E-state index in [9.17, 15) is 8.42 Å². The fourth-order valence-electron chi connectivity index (χ4n) is 1.18. The minimum atomic E-state index is -3.82. The number of hydrogen-bond donors (Lipinski definition) is 1. The van der Waals surface area contributed by atoms with Crippen LogP contribution in [-0.4, -0.2) is 28.2 Å². The fourth-order valence-corrected chi connectivity index (χ4v) is 3.52. The van der Waals surface area contributed by atoms with Crippen LogP contribution in [0.25, 0.3) is 0 Å². The standard InChI is InChI=1S/C8H10ClN5O2S2/c1-3-5-11-12-8(17-5)13-18(15,16)7-6(9)14(2)4-10-7/h4H,3H2,1-2H3,(H,12,13). The maximum absolute atomic E-state index is 12.0. The second-order valence-electron chi connectivity index (χ2n) is 3.41. The molecule has 2 heterocycles. The molecule has 0 atom stereocenters. The maximum Gasteiger partial charge on any atom is 0.284 e. The number of sulfonamides is 1. The normalized spacial score (nSPS) is 11.7. The van der Waals surface area contributed by atoms with Crippen LogP contribution in [-0.2, 0) is 23.5 Å².